The van der Waals surface area contributed by atoms with Crippen LogP contribution in [0.1, 0.15) is 16.2 Å². The average molecular weight is 345 g/mol. The van der Waals surface area contributed by atoms with Crippen LogP contribution < -0.4 is 10.1 Å². The summed E-state index contributed by atoms with van der Waals surface area (Å²) >= 11 is 0. The van der Waals surface area contributed by atoms with Crippen molar-refractivity contribution in [3.05, 3.63) is 78.4 Å². The van der Waals surface area contributed by atoms with Gasteiger partial charge in [0, 0.05) is 35.9 Å². The van der Waals surface area contributed by atoms with E-state index in [0.717, 1.165) is 11.3 Å². The van der Waals surface area contributed by atoms with Gasteiger partial charge in [0.25, 0.3) is 5.91 Å². The van der Waals surface area contributed by atoms with Crippen molar-refractivity contribution >= 4 is 17.2 Å². The molecule has 1 N–H and O–H groups in total. The molecule has 3 aromatic heterocycles. The van der Waals surface area contributed by atoms with Crippen molar-refractivity contribution in [1.29, 1.82) is 0 Å². The second kappa shape index (κ2) is 6.64. The highest BCUT2D eigenvalue weighted by Crippen LogP contribution is 2.22. The summed E-state index contributed by atoms with van der Waals surface area (Å²) in [5.41, 5.74) is 2.69. The van der Waals surface area contributed by atoms with Gasteiger partial charge in [0.05, 0.1) is 0 Å². The number of hydrogen-bond donors (Lipinski definition) is 1. The Hall–Kier alpha value is -3.74. The van der Waals surface area contributed by atoms with Gasteiger partial charge in [-0.2, -0.15) is 5.10 Å². The van der Waals surface area contributed by atoms with E-state index >= 15 is 0 Å². The Balaban J connectivity index is 1.53. The summed E-state index contributed by atoms with van der Waals surface area (Å²) in [6.07, 6.45) is 3.29. The van der Waals surface area contributed by atoms with Gasteiger partial charge in [-0.3, -0.25) is 4.79 Å². The number of ether oxygens (including phenoxy) is 1. The molecule has 7 heteroatoms. The first-order chi connectivity index (χ1) is 12.7. The SMILES string of the molecule is Cc1cccc2nc(C(=O)Nc3cccc(Oc4cccnn4)c3)cn12. The normalized spacial score (nSPS) is 10.7. The Morgan fingerprint density at radius 3 is 2.81 bits per heavy atom. The predicted molar refractivity (Wildman–Crippen MR) is 96.4 cm³/mol. The molecule has 0 radical (unpaired) electrons. The lowest BCUT2D eigenvalue weighted by atomic mass is 10.3. The van der Waals surface area contributed by atoms with Crippen LogP contribution in [0.25, 0.3) is 5.65 Å². The van der Waals surface area contributed by atoms with E-state index in [-0.39, 0.29) is 5.91 Å². The summed E-state index contributed by atoms with van der Waals surface area (Å²) in [6.45, 7) is 1.96. The number of anilines is 1. The van der Waals surface area contributed by atoms with Gasteiger partial charge < -0.3 is 14.5 Å². The van der Waals surface area contributed by atoms with Gasteiger partial charge in [-0.25, -0.2) is 4.98 Å². The van der Waals surface area contributed by atoms with Gasteiger partial charge in [-0.1, -0.05) is 12.1 Å². The van der Waals surface area contributed by atoms with Crippen molar-refractivity contribution in [1.82, 2.24) is 19.6 Å². The lowest BCUT2D eigenvalue weighted by Gasteiger charge is -2.07. The first-order valence-electron chi connectivity index (χ1n) is 8.01. The van der Waals surface area contributed by atoms with Crippen LogP contribution in [0.2, 0.25) is 0 Å². The minimum Gasteiger partial charge on any atom is -0.437 e. The van der Waals surface area contributed by atoms with E-state index in [0.29, 0.717) is 23.0 Å². The van der Waals surface area contributed by atoms with Crippen molar-refractivity contribution in [2.75, 3.05) is 5.32 Å². The van der Waals surface area contributed by atoms with Crippen LogP contribution in [0, 0.1) is 6.92 Å². The second-order valence-electron chi connectivity index (χ2n) is 5.67. The maximum absolute atomic E-state index is 12.5. The molecule has 1 aromatic carbocycles. The number of rotatable bonds is 4. The van der Waals surface area contributed by atoms with Crippen LogP contribution in [0.4, 0.5) is 5.69 Å². The monoisotopic (exact) mass is 345 g/mol. The fourth-order valence-corrected chi connectivity index (χ4v) is 2.55. The number of fused-ring (bicyclic) bond motifs is 1. The van der Waals surface area contributed by atoms with E-state index < -0.39 is 0 Å². The smallest absolute Gasteiger partial charge is 0.275 e. The molecule has 26 heavy (non-hydrogen) atoms. The molecule has 0 aliphatic rings. The fraction of sp³-hybridized carbons (Fsp3) is 0.0526. The Morgan fingerprint density at radius 2 is 2.00 bits per heavy atom. The third kappa shape index (κ3) is 3.23. The predicted octanol–water partition coefficient (Wildman–Crippen LogP) is 3.48. The zero-order chi connectivity index (χ0) is 17.9. The maximum atomic E-state index is 12.5. The summed E-state index contributed by atoms with van der Waals surface area (Å²) < 4.78 is 7.50. The Morgan fingerprint density at radius 1 is 1.12 bits per heavy atom. The topological polar surface area (TPSA) is 81.4 Å². The zero-order valence-electron chi connectivity index (χ0n) is 14.0. The summed E-state index contributed by atoms with van der Waals surface area (Å²) in [4.78, 5) is 16.9. The number of amides is 1. The zero-order valence-corrected chi connectivity index (χ0v) is 14.0. The number of aromatic nitrogens is 4. The first-order valence-corrected chi connectivity index (χ1v) is 8.01. The van der Waals surface area contributed by atoms with Crippen LogP contribution in [-0.4, -0.2) is 25.5 Å². The fourth-order valence-electron chi connectivity index (χ4n) is 2.55. The van der Waals surface area contributed by atoms with E-state index in [2.05, 4.69) is 20.5 Å². The van der Waals surface area contributed by atoms with Crippen molar-refractivity contribution in [3.8, 4) is 11.6 Å². The standard InChI is InChI=1S/C19H15N5O2/c1-13-5-2-8-17-22-16(12-24(13)17)19(25)21-14-6-3-7-15(11-14)26-18-9-4-10-20-23-18/h2-12H,1H3,(H,21,25). The summed E-state index contributed by atoms with van der Waals surface area (Å²) in [6, 6.07) is 16.2. The Labute approximate surface area is 149 Å². The number of carbonyl (C=O) groups is 1. The van der Waals surface area contributed by atoms with Gasteiger partial charge in [-0.05, 0) is 37.3 Å². The molecule has 0 atom stereocenters. The molecule has 0 aliphatic heterocycles. The molecule has 0 bridgehead atoms. The van der Waals surface area contributed by atoms with E-state index in [4.69, 9.17) is 4.74 Å². The molecule has 128 valence electrons. The molecule has 0 aliphatic carbocycles. The van der Waals surface area contributed by atoms with E-state index in [1.54, 1.807) is 48.8 Å². The Bertz CT molecular complexity index is 1080. The third-order valence-electron chi connectivity index (χ3n) is 3.79. The molecule has 3 heterocycles. The third-order valence-corrected chi connectivity index (χ3v) is 3.79. The highest BCUT2D eigenvalue weighted by atomic mass is 16.5. The number of carbonyl (C=O) groups excluding carboxylic acids is 1. The average Bonchev–Trinajstić information content (AvgIpc) is 3.09. The van der Waals surface area contributed by atoms with E-state index in [9.17, 15) is 4.79 Å². The number of benzene rings is 1. The van der Waals surface area contributed by atoms with Crippen molar-refractivity contribution in [2.45, 2.75) is 6.92 Å². The van der Waals surface area contributed by atoms with Crippen LogP contribution in [0.5, 0.6) is 11.6 Å². The van der Waals surface area contributed by atoms with Crippen LogP contribution in [-0.2, 0) is 0 Å². The molecule has 1 amide bonds. The highest BCUT2D eigenvalue weighted by Gasteiger charge is 2.12. The van der Waals surface area contributed by atoms with Gasteiger partial charge >= 0.3 is 0 Å². The van der Waals surface area contributed by atoms with Crippen molar-refractivity contribution in [3.63, 3.8) is 0 Å². The van der Waals surface area contributed by atoms with Crippen molar-refractivity contribution in [2.24, 2.45) is 0 Å². The number of pyridine rings is 1. The van der Waals surface area contributed by atoms with E-state index in [1.807, 2.05) is 29.5 Å². The minimum atomic E-state index is -0.287. The van der Waals surface area contributed by atoms with Crippen LogP contribution in [0.3, 0.4) is 0 Å². The number of nitrogens with one attached hydrogen (secondary N) is 1. The minimum absolute atomic E-state index is 0.287. The Kier molecular flexibility index (Phi) is 4.03. The van der Waals surface area contributed by atoms with Gasteiger partial charge in [0.1, 0.15) is 17.1 Å². The summed E-state index contributed by atoms with van der Waals surface area (Å²) in [5.74, 6) is 0.644. The number of aryl methyl sites for hydroxylation is 1. The maximum Gasteiger partial charge on any atom is 0.275 e. The quantitative estimate of drug-likeness (QED) is 0.612. The molecule has 4 rings (SSSR count). The van der Waals surface area contributed by atoms with Crippen molar-refractivity contribution < 1.29 is 9.53 Å². The number of imidazole rings is 1. The summed E-state index contributed by atoms with van der Waals surface area (Å²) in [5, 5.41) is 10.5. The molecular weight excluding hydrogens is 330 g/mol. The van der Waals surface area contributed by atoms with Crippen LogP contribution >= 0.6 is 0 Å². The van der Waals surface area contributed by atoms with Gasteiger partial charge in [0.2, 0.25) is 5.88 Å². The molecule has 0 fully saturated rings. The first kappa shape index (κ1) is 15.8. The van der Waals surface area contributed by atoms with Gasteiger partial charge in [0.15, 0.2) is 0 Å². The molecule has 4 aromatic rings. The molecule has 7 nitrogen and oxygen atoms in total. The lowest BCUT2D eigenvalue weighted by Crippen LogP contribution is -2.12. The largest absolute Gasteiger partial charge is 0.437 e. The second-order valence-corrected chi connectivity index (χ2v) is 5.67. The lowest BCUT2D eigenvalue weighted by molar-refractivity contribution is 0.102. The van der Waals surface area contributed by atoms with Crippen LogP contribution in [0.15, 0.2) is 67.0 Å². The van der Waals surface area contributed by atoms with E-state index in [1.165, 1.54) is 0 Å². The highest BCUT2D eigenvalue weighted by molar-refractivity contribution is 6.03. The molecule has 0 saturated heterocycles. The molecule has 0 saturated carbocycles. The number of nitrogens with zero attached hydrogens (tertiary/aromatic N) is 4. The molecular formula is C19H15N5O2. The molecule has 0 spiro atoms. The summed E-state index contributed by atoms with van der Waals surface area (Å²) in [7, 11) is 0. The number of hydrogen-bond acceptors (Lipinski definition) is 5. The molecule has 0 unspecified atom stereocenters. The van der Waals surface area contributed by atoms with Gasteiger partial charge in [-0.15, -0.1) is 5.10 Å².